The Kier molecular flexibility index (Phi) is 5.84. The normalized spacial score (nSPS) is 17.3. The maximum absolute atomic E-state index is 13.4. The third-order valence-corrected chi connectivity index (χ3v) is 5.58. The molecule has 6 nitrogen and oxygen atoms in total. The van der Waals surface area contributed by atoms with Gasteiger partial charge in [-0.1, -0.05) is 18.2 Å². The predicted molar refractivity (Wildman–Crippen MR) is 111 cm³/mol. The number of carbonyl (C=O) groups excluding carboxylic acids is 1. The Morgan fingerprint density at radius 2 is 1.83 bits per heavy atom. The Labute approximate surface area is 176 Å². The molecule has 1 amide bonds. The molecule has 4 rings (SSSR count). The molecule has 1 heterocycles. The van der Waals surface area contributed by atoms with E-state index >= 15 is 0 Å². The number of hydrogen-bond donors (Lipinski definition) is 0. The second-order valence-electron chi connectivity index (χ2n) is 7.44. The molecule has 0 saturated carbocycles. The minimum Gasteiger partial charge on any atom is -0.497 e. The van der Waals surface area contributed by atoms with Gasteiger partial charge in [0, 0.05) is 24.1 Å². The number of nitriles is 1. The lowest BCUT2D eigenvalue weighted by atomic mass is 9.96. The summed E-state index contributed by atoms with van der Waals surface area (Å²) < 4.78 is 16.9. The van der Waals surface area contributed by atoms with Gasteiger partial charge in [0.25, 0.3) is 5.91 Å². The van der Waals surface area contributed by atoms with Gasteiger partial charge in [-0.2, -0.15) is 5.26 Å². The number of hydrogen-bond acceptors (Lipinski definition) is 5. The van der Waals surface area contributed by atoms with E-state index in [1.807, 2.05) is 29.2 Å². The summed E-state index contributed by atoms with van der Waals surface area (Å²) in [6, 6.07) is 16.6. The van der Waals surface area contributed by atoms with Crippen molar-refractivity contribution in [1.29, 1.82) is 5.26 Å². The molecule has 2 aliphatic rings. The average molecular weight is 404 g/mol. The maximum Gasteiger partial charge on any atom is 0.258 e. The SMILES string of the molecule is COc1ccc(CN(C(=O)c2ccc(C#N)cc2)C2=CCC3(CC2)OCCO3)cc1. The van der Waals surface area contributed by atoms with Crippen LogP contribution in [0.4, 0.5) is 0 Å². The van der Waals surface area contributed by atoms with Crippen LogP contribution < -0.4 is 4.74 Å². The van der Waals surface area contributed by atoms with Crippen molar-refractivity contribution >= 4 is 5.91 Å². The van der Waals surface area contributed by atoms with E-state index < -0.39 is 5.79 Å². The molecule has 1 saturated heterocycles. The molecule has 0 atom stereocenters. The van der Waals surface area contributed by atoms with Crippen LogP contribution in [0.5, 0.6) is 5.75 Å². The van der Waals surface area contributed by atoms with Gasteiger partial charge in [-0.25, -0.2) is 0 Å². The van der Waals surface area contributed by atoms with Crippen LogP contribution in [0.2, 0.25) is 0 Å². The first-order valence-corrected chi connectivity index (χ1v) is 10.0. The van der Waals surface area contributed by atoms with Crippen molar-refractivity contribution in [3.05, 3.63) is 77.0 Å². The highest BCUT2D eigenvalue weighted by Crippen LogP contribution is 2.36. The third-order valence-electron chi connectivity index (χ3n) is 5.58. The Hall–Kier alpha value is -3.14. The number of allylic oxidation sites excluding steroid dienone is 1. The monoisotopic (exact) mass is 404 g/mol. The van der Waals surface area contributed by atoms with E-state index in [-0.39, 0.29) is 5.91 Å². The van der Waals surface area contributed by atoms with Crippen LogP contribution in [0.3, 0.4) is 0 Å². The molecular formula is C24H24N2O4. The number of rotatable bonds is 5. The number of ether oxygens (including phenoxy) is 3. The lowest BCUT2D eigenvalue weighted by molar-refractivity contribution is -0.162. The number of benzene rings is 2. The first kappa shape index (κ1) is 20.1. The predicted octanol–water partition coefficient (Wildman–Crippen LogP) is 4.02. The Bertz CT molecular complexity index is 968. The van der Waals surface area contributed by atoms with Crippen LogP contribution >= 0.6 is 0 Å². The van der Waals surface area contributed by atoms with Crippen LogP contribution in [0, 0.1) is 11.3 Å². The van der Waals surface area contributed by atoms with Crippen LogP contribution in [0.15, 0.2) is 60.3 Å². The minimum absolute atomic E-state index is 0.0919. The smallest absolute Gasteiger partial charge is 0.258 e. The van der Waals surface area contributed by atoms with Gasteiger partial charge < -0.3 is 19.1 Å². The number of amides is 1. The minimum atomic E-state index is -0.535. The van der Waals surface area contributed by atoms with Crippen molar-refractivity contribution in [3.63, 3.8) is 0 Å². The molecule has 6 heteroatoms. The third kappa shape index (κ3) is 4.23. The lowest BCUT2D eigenvalue weighted by Crippen LogP contribution is -2.37. The van der Waals surface area contributed by atoms with Crippen LogP contribution in [0.25, 0.3) is 0 Å². The Morgan fingerprint density at radius 3 is 2.40 bits per heavy atom. The molecule has 1 aliphatic heterocycles. The summed E-state index contributed by atoms with van der Waals surface area (Å²) >= 11 is 0. The standard InChI is InChI=1S/C24H24N2O4/c1-28-22-8-4-19(5-9-22)17-26(23(27)20-6-2-18(16-25)3-7-20)21-10-12-24(13-11-21)29-14-15-30-24/h2-10H,11-15,17H2,1H3. The lowest BCUT2D eigenvalue weighted by Gasteiger charge is -2.34. The molecule has 0 aromatic heterocycles. The zero-order valence-corrected chi connectivity index (χ0v) is 17.0. The zero-order valence-electron chi connectivity index (χ0n) is 17.0. The molecule has 154 valence electrons. The first-order valence-electron chi connectivity index (χ1n) is 10.0. The van der Waals surface area contributed by atoms with E-state index in [1.54, 1.807) is 31.4 Å². The molecule has 2 aromatic rings. The van der Waals surface area contributed by atoms with Gasteiger partial charge >= 0.3 is 0 Å². The van der Waals surface area contributed by atoms with Crippen LogP contribution in [0.1, 0.15) is 40.7 Å². The van der Waals surface area contributed by atoms with Gasteiger partial charge in [0.15, 0.2) is 5.79 Å². The van der Waals surface area contributed by atoms with Gasteiger partial charge in [-0.3, -0.25) is 4.79 Å². The van der Waals surface area contributed by atoms with Crippen molar-refractivity contribution < 1.29 is 19.0 Å². The van der Waals surface area contributed by atoms with Gasteiger partial charge in [0.2, 0.25) is 0 Å². The molecule has 30 heavy (non-hydrogen) atoms. The second-order valence-corrected chi connectivity index (χ2v) is 7.44. The highest BCUT2D eigenvalue weighted by molar-refractivity contribution is 5.95. The topological polar surface area (TPSA) is 71.8 Å². The molecular weight excluding hydrogens is 380 g/mol. The quantitative estimate of drug-likeness (QED) is 0.753. The van der Waals surface area contributed by atoms with E-state index in [1.165, 1.54) is 0 Å². The maximum atomic E-state index is 13.4. The second kappa shape index (κ2) is 8.70. The van der Waals surface area contributed by atoms with E-state index in [9.17, 15) is 4.79 Å². The summed E-state index contributed by atoms with van der Waals surface area (Å²) in [6.07, 6.45) is 4.10. The fourth-order valence-corrected chi connectivity index (χ4v) is 3.86. The zero-order chi connectivity index (χ0) is 21.0. The average Bonchev–Trinajstić information content (AvgIpc) is 3.26. The molecule has 1 fully saturated rings. The van der Waals surface area contributed by atoms with Crippen molar-refractivity contribution in [2.45, 2.75) is 31.6 Å². The van der Waals surface area contributed by atoms with Crippen molar-refractivity contribution in [1.82, 2.24) is 4.90 Å². The molecule has 1 spiro atoms. The van der Waals surface area contributed by atoms with Crippen LogP contribution in [-0.4, -0.2) is 36.9 Å². The highest BCUT2D eigenvalue weighted by Gasteiger charge is 2.39. The Morgan fingerprint density at radius 1 is 1.13 bits per heavy atom. The number of nitrogens with zero attached hydrogens (tertiary/aromatic N) is 2. The summed E-state index contributed by atoms with van der Waals surface area (Å²) in [4.78, 5) is 15.2. The van der Waals surface area contributed by atoms with E-state index in [4.69, 9.17) is 19.5 Å². The fourth-order valence-electron chi connectivity index (χ4n) is 3.86. The van der Waals surface area contributed by atoms with Gasteiger partial charge in [0.05, 0.1) is 38.5 Å². The molecule has 0 bridgehead atoms. The number of carbonyl (C=O) groups is 1. The van der Waals surface area contributed by atoms with Crippen LogP contribution in [-0.2, 0) is 16.0 Å². The molecule has 2 aromatic carbocycles. The van der Waals surface area contributed by atoms with E-state index in [0.717, 1.165) is 23.4 Å². The summed E-state index contributed by atoms with van der Waals surface area (Å²) in [7, 11) is 1.63. The summed E-state index contributed by atoms with van der Waals surface area (Å²) in [5, 5.41) is 9.03. The molecule has 1 aliphatic carbocycles. The van der Waals surface area contributed by atoms with Gasteiger partial charge in [-0.15, -0.1) is 0 Å². The summed E-state index contributed by atoms with van der Waals surface area (Å²) in [5.41, 5.74) is 3.05. The summed E-state index contributed by atoms with van der Waals surface area (Å²) in [5.74, 6) is 0.149. The van der Waals surface area contributed by atoms with E-state index in [0.29, 0.717) is 43.7 Å². The Balaban J connectivity index is 1.60. The highest BCUT2D eigenvalue weighted by atomic mass is 16.7. The molecule has 0 unspecified atom stereocenters. The van der Waals surface area contributed by atoms with Crippen molar-refractivity contribution in [3.8, 4) is 11.8 Å². The van der Waals surface area contributed by atoms with Crippen molar-refractivity contribution in [2.75, 3.05) is 20.3 Å². The molecule has 0 N–H and O–H groups in total. The van der Waals surface area contributed by atoms with Crippen molar-refractivity contribution in [2.24, 2.45) is 0 Å². The molecule has 0 radical (unpaired) electrons. The largest absolute Gasteiger partial charge is 0.497 e. The van der Waals surface area contributed by atoms with Gasteiger partial charge in [0.1, 0.15) is 5.75 Å². The first-order chi connectivity index (χ1) is 14.6. The summed E-state index contributed by atoms with van der Waals surface area (Å²) in [6.45, 7) is 1.68. The number of methoxy groups -OCH3 is 1. The van der Waals surface area contributed by atoms with E-state index in [2.05, 4.69) is 12.1 Å². The fraction of sp³-hybridized carbons (Fsp3) is 0.333. The van der Waals surface area contributed by atoms with Gasteiger partial charge in [-0.05, 0) is 48.4 Å².